The molecule has 0 aliphatic heterocycles. The summed E-state index contributed by atoms with van der Waals surface area (Å²) in [7, 11) is 0. The first-order valence-electron chi connectivity index (χ1n) is 5.61. The van der Waals surface area contributed by atoms with Crippen molar-refractivity contribution in [3.63, 3.8) is 0 Å². The van der Waals surface area contributed by atoms with Crippen molar-refractivity contribution >= 4 is 12.2 Å². The number of aromatic nitrogens is 1. The first-order chi connectivity index (χ1) is 7.38. The molecule has 1 nitrogen and oxygen atoms in total. The quantitative estimate of drug-likeness (QED) is 0.682. The lowest BCUT2D eigenvalue weighted by atomic mass is 10.2. The van der Waals surface area contributed by atoms with Crippen molar-refractivity contribution in [1.29, 1.82) is 0 Å². The van der Waals surface area contributed by atoms with Gasteiger partial charge in [-0.2, -0.15) is 0 Å². The average Bonchev–Trinajstić information content (AvgIpc) is 2.28. The van der Waals surface area contributed by atoms with Crippen LogP contribution >= 0.6 is 0 Å². The first-order valence-corrected chi connectivity index (χ1v) is 5.61. The van der Waals surface area contributed by atoms with Gasteiger partial charge in [-0.25, -0.2) is 0 Å². The molecule has 0 aliphatic carbocycles. The van der Waals surface area contributed by atoms with E-state index in [2.05, 4.69) is 42.3 Å². The lowest BCUT2D eigenvalue weighted by molar-refractivity contribution is 0.984. The molecular weight excluding hydrogens is 182 g/mol. The van der Waals surface area contributed by atoms with Gasteiger partial charge in [0, 0.05) is 6.20 Å². The molecule has 1 rings (SSSR count). The maximum atomic E-state index is 4.38. The first kappa shape index (κ1) is 11.7. The molecule has 0 bridgehead atoms. The Hall–Kier alpha value is -1.37. The Morgan fingerprint density at radius 2 is 2.20 bits per heavy atom. The topological polar surface area (TPSA) is 12.9 Å². The molecule has 0 fully saturated rings. The van der Waals surface area contributed by atoms with E-state index in [0.717, 1.165) is 18.2 Å². The zero-order valence-electron chi connectivity index (χ0n) is 9.61. The molecule has 1 heterocycles. The predicted molar refractivity (Wildman–Crippen MR) is 66.8 cm³/mol. The van der Waals surface area contributed by atoms with E-state index < -0.39 is 0 Å². The van der Waals surface area contributed by atoms with Crippen molar-refractivity contribution in [2.75, 3.05) is 0 Å². The largest absolute Gasteiger partial charge is 0.257 e. The van der Waals surface area contributed by atoms with Crippen molar-refractivity contribution in [2.24, 2.45) is 0 Å². The summed E-state index contributed by atoms with van der Waals surface area (Å²) in [6, 6.07) is 4.11. The Labute approximate surface area is 91.9 Å². The van der Waals surface area contributed by atoms with E-state index in [1.807, 2.05) is 19.2 Å². The highest BCUT2D eigenvalue weighted by Crippen LogP contribution is 1.86. The average molecular weight is 201 g/mol. The number of nitrogens with zero attached hydrogens (tertiary/aromatic N) is 1. The third-order valence-corrected chi connectivity index (χ3v) is 2.21. The van der Waals surface area contributed by atoms with Gasteiger partial charge in [-0.3, -0.25) is 4.98 Å². The van der Waals surface area contributed by atoms with Crippen LogP contribution in [0.25, 0.3) is 12.2 Å². The second kappa shape index (κ2) is 6.99. The van der Waals surface area contributed by atoms with Crippen LogP contribution in [-0.2, 0) is 0 Å². The molecule has 1 heteroatoms. The third-order valence-electron chi connectivity index (χ3n) is 2.21. The van der Waals surface area contributed by atoms with Gasteiger partial charge in [0.1, 0.15) is 0 Å². The Kier molecular flexibility index (Phi) is 5.46. The zero-order valence-corrected chi connectivity index (χ0v) is 9.61. The molecule has 0 amide bonds. The minimum Gasteiger partial charge on any atom is -0.257 e. The summed E-state index contributed by atoms with van der Waals surface area (Å²) in [5.41, 5.74) is 0. The lowest BCUT2D eigenvalue weighted by Gasteiger charge is -1.90. The second-order valence-corrected chi connectivity index (χ2v) is 3.48. The fourth-order valence-electron chi connectivity index (χ4n) is 1.39. The summed E-state index contributed by atoms with van der Waals surface area (Å²) in [4.78, 5) is 4.38. The van der Waals surface area contributed by atoms with E-state index in [1.165, 1.54) is 11.6 Å². The van der Waals surface area contributed by atoms with Crippen molar-refractivity contribution in [1.82, 2.24) is 4.98 Å². The molecule has 0 spiro atoms. The molecule has 0 saturated carbocycles. The fourth-order valence-corrected chi connectivity index (χ4v) is 1.39. The van der Waals surface area contributed by atoms with Crippen LogP contribution in [0.5, 0.6) is 0 Å². The number of hydrogen-bond acceptors (Lipinski definition) is 1. The molecule has 0 unspecified atom stereocenters. The van der Waals surface area contributed by atoms with Gasteiger partial charge in [-0.05, 0) is 31.1 Å². The minimum atomic E-state index is 0.981. The number of allylic oxidation sites excluding steroid dienone is 2. The van der Waals surface area contributed by atoms with E-state index in [9.17, 15) is 0 Å². The maximum Gasteiger partial charge on any atom is 0.0659 e. The van der Waals surface area contributed by atoms with Crippen LogP contribution in [-0.4, -0.2) is 4.98 Å². The number of hydrogen-bond donors (Lipinski definition) is 0. The number of pyridine rings is 1. The SMILES string of the molecule is CC=CCC=c1cccnc1=CCCC. The Morgan fingerprint density at radius 3 is 2.93 bits per heavy atom. The van der Waals surface area contributed by atoms with Crippen LogP contribution in [0.4, 0.5) is 0 Å². The van der Waals surface area contributed by atoms with Gasteiger partial charge in [-0.1, -0.05) is 43.7 Å². The van der Waals surface area contributed by atoms with Gasteiger partial charge in [0.15, 0.2) is 0 Å². The van der Waals surface area contributed by atoms with Crippen molar-refractivity contribution in [3.05, 3.63) is 41.0 Å². The molecule has 0 aliphatic rings. The Balaban J connectivity index is 3.00. The van der Waals surface area contributed by atoms with Crippen molar-refractivity contribution < 1.29 is 0 Å². The summed E-state index contributed by atoms with van der Waals surface area (Å²) < 4.78 is 0. The molecule has 0 N–H and O–H groups in total. The van der Waals surface area contributed by atoms with E-state index in [4.69, 9.17) is 0 Å². The van der Waals surface area contributed by atoms with Crippen molar-refractivity contribution in [2.45, 2.75) is 33.1 Å². The highest BCUT2D eigenvalue weighted by molar-refractivity contribution is 5.29. The molecule has 0 aromatic carbocycles. The van der Waals surface area contributed by atoms with Gasteiger partial charge in [0.2, 0.25) is 0 Å². The van der Waals surface area contributed by atoms with Crippen LogP contribution in [0.3, 0.4) is 0 Å². The molecule has 0 saturated heterocycles. The van der Waals surface area contributed by atoms with Crippen LogP contribution in [0.2, 0.25) is 0 Å². The van der Waals surface area contributed by atoms with Gasteiger partial charge >= 0.3 is 0 Å². The van der Waals surface area contributed by atoms with Gasteiger partial charge < -0.3 is 0 Å². The van der Waals surface area contributed by atoms with E-state index >= 15 is 0 Å². The van der Waals surface area contributed by atoms with E-state index in [-0.39, 0.29) is 0 Å². The summed E-state index contributed by atoms with van der Waals surface area (Å²) in [5, 5.41) is 2.35. The normalized spacial score (nSPS) is 14.0. The summed E-state index contributed by atoms with van der Waals surface area (Å²) in [6.45, 7) is 4.23. The van der Waals surface area contributed by atoms with Crippen LogP contribution in [0.1, 0.15) is 33.1 Å². The highest BCUT2D eigenvalue weighted by atomic mass is 14.6. The molecular formula is C14H19N. The van der Waals surface area contributed by atoms with Crippen LogP contribution in [0, 0.1) is 0 Å². The third kappa shape index (κ3) is 4.11. The maximum absolute atomic E-state index is 4.38. The summed E-state index contributed by atoms with van der Waals surface area (Å²) >= 11 is 0. The zero-order chi connectivity index (χ0) is 10.9. The van der Waals surface area contributed by atoms with Crippen molar-refractivity contribution in [3.8, 4) is 0 Å². The molecule has 1 aromatic heterocycles. The van der Waals surface area contributed by atoms with Gasteiger partial charge in [0.25, 0.3) is 0 Å². The Bertz CT molecular complexity index is 415. The van der Waals surface area contributed by atoms with E-state index in [1.54, 1.807) is 0 Å². The smallest absolute Gasteiger partial charge is 0.0659 e. The molecule has 15 heavy (non-hydrogen) atoms. The minimum absolute atomic E-state index is 0.981. The molecule has 80 valence electrons. The number of unbranched alkanes of at least 4 members (excludes halogenated alkanes) is 1. The van der Waals surface area contributed by atoms with Gasteiger partial charge in [-0.15, -0.1) is 0 Å². The lowest BCUT2D eigenvalue weighted by Crippen LogP contribution is -2.27. The van der Waals surface area contributed by atoms with Gasteiger partial charge in [0.05, 0.1) is 5.35 Å². The second-order valence-electron chi connectivity index (χ2n) is 3.48. The standard InChI is InChI=1S/C14H19N/c1-3-5-7-9-13-10-8-12-15-14(13)11-6-4-2/h3,5,8-12H,4,6-7H2,1-2H3. The van der Waals surface area contributed by atoms with E-state index in [0.29, 0.717) is 0 Å². The fraction of sp³-hybridized carbons (Fsp3) is 0.357. The summed E-state index contributed by atoms with van der Waals surface area (Å²) in [6.07, 6.45) is 13.8. The molecule has 0 atom stereocenters. The molecule has 1 aromatic rings. The Morgan fingerprint density at radius 1 is 1.33 bits per heavy atom. The van der Waals surface area contributed by atoms with Crippen LogP contribution < -0.4 is 10.6 Å². The summed E-state index contributed by atoms with van der Waals surface area (Å²) in [5.74, 6) is 0. The highest BCUT2D eigenvalue weighted by Gasteiger charge is 1.84. The monoisotopic (exact) mass is 201 g/mol. The van der Waals surface area contributed by atoms with Crippen LogP contribution in [0.15, 0.2) is 30.5 Å². The number of rotatable bonds is 4. The molecule has 0 radical (unpaired) electrons. The predicted octanol–water partition coefficient (Wildman–Crippen LogP) is 2.41.